The Kier molecular flexibility index (Phi) is 7.77. The van der Waals surface area contributed by atoms with E-state index in [0.717, 1.165) is 22.8 Å². The van der Waals surface area contributed by atoms with Crippen molar-refractivity contribution >= 4 is 0 Å². The van der Waals surface area contributed by atoms with E-state index < -0.39 is 23.2 Å². The minimum atomic E-state index is -1.82. The van der Waals surface area contributed by atoms with Crippen LogP contribution < -0.4 is 4.74 Å². The highest BCUT2D eigenvalue weighted by molar-refractivity contribution is 5.65. The van der Waals surface area contributed by atoms with Gasteiger partial charge in [-0.2, -0.15) is 0 Å². The van der Waals surface area contributed by atoms with Gasteiger partial charge in [-0.3, -0.25) is 0 Å². The average Bonchev–Trinajstić information content (AvgIpc) is 2.90. The van der Waals surface area contributed by atoms with Crippen LogP contribution in [0, 0.1) is 11.6 Å². The van der Waals surface area contributed by atoms with Gasteiger partial charge in [0.15, 0.2) is 11.6 Å². The highest BCUT2D eigenvalue weighted by Gasteiger charge is 2.44. The molecule has 1 heterocycles. The maximum atomic E-state index is 15.3. The number of halogens is 2. The SMILES string of the molecule is COc1ncc(-c2ccccc2)cc1C(c1ccccc1)C(O)(CCN(C)C)c1cccc(F)c1F. The fourth-order valence-corrected chi connectivity index (χ4v) is 4.66. The van der Waals surface area contributed by atoms with Crippen LogP contribution in [0.15, 0.2) is 91.1 Å². The lowest BCUT2D eigenvalue weighted by molar-refractivity contribution is 0.0000423. The number of nitrogens with zero attached hydrogens (tertiary/aromatic N) is 2. The third-order valence-corrected chi connectivity index (χ3v) is 6.46. The molecule has 0 amide bonds. The summed E-state index contributed by atoms with van der Waals surface area (Å²) in [6, 6.07) is 24.9. The third kappa shape index (κ3) is 5.15. The van der Waals surface area contributed by atoms with Crippen LogP contribution in [0.1, 0.15) is 29.0 Å². The first-order valence-electron chi connectivity index (χ1n) is 11.8. The third-order valence-electron chi connectivity index (χ3n) is 6.46. The molecule has 4 aromatic rings. The smallest absolute Gasteiger partial charge is 0.217 e. The Morgan fingerprint density at radius 3 is 2.22 bits per heavy atom. The van der Waals surface area contributed by atoms with E-state index in [0.29, 0.717) is 18.0 Å². The lowest BCUT2D eigenvalue weighted by Gasteiger charge is -2.39. The number of ether oxygens (including phenoxy) is 1. The first-order chi connectivity index (χ1) is 17.3. The molecule has 0 aliphatic rings. The zero-order chi connectivity index (χ0) is 25.7. The van der Waals surface area contributed by atoms with Gasteiger partial charge in [0.05, 0.1) is 7.11 Å². The molecule has 1 aromatic heterocycles. The number of aromatic nitrogens is 1. The molecular formula is C30H30F2N2O2. The second-order valence-corrected chi connectivity index (χ2v) is 9.11. The lowest BCUT2D eigenvalue weighted by atomic mass is 9.71. The molecule has 36 heavy (non-hydrogen) atoms. The number of aliphatic hydroxyl groups is 1. The Hall–Kier alpha value is -3.61. The molecule has 0 saturated heterocycles. The summed E-state index contributed by atoms with van der Waals surface area (Å²) in [5.41, 5.74) is 1.15. The van der Waals surface area contributed by atoms with Gasteiger partial charge in [-0.05, 0) is 43.8 Å². The van der Waals surface area contributed by atoms with Crippen molar-refractivity contribution in [1.29, 1.82) is 0 Å². The van der Waals surface area contributed by atoms with Crippen molar-refractivity contribution in [3.8, 4) is 17.0 Å². The topological polar surface area (TPSA) is 45.6 Å². The fraction of sp³-hybridized carbons (Fsp3) is 0.233. The molecule has 0 saturated carbocycles. The largest absolute Gasteiger partial charge is 0.481 e. The van der Waals surface area contributed by atoms with Crippen LogP contribution in [0.4, 0.5) is 8.78 Å². The first-order valence-corrected chi connectivity index (χ1v) is 11.8. The summed E-state index contributed by atoms with van der Waals surface area (Å²) in [5, 5.41) is 12.5. The summed E-state index contributed by atoms with van der Waals surface area (Å²) in [6.45, 7) is 0.434. The Bertz CT molecular complexity index is 1300. The Morgan fingerprint density at radius 1 is 0.917 bits per heavy atom. The van der Waals surface area contributed by atoms with Gasteiger partial charge in [-0.25, -0.2) is 13.8 Å². The number of pyridine rings is 1. The van der Waals surface area contributed by atoms with E-state index in [2.05, 4.69) is 4.98 Å². The van der Waals surface area contributed by atoms with Gasteiger partial charge in [-0.15, -0.1) is 0 Å². The highest BCUT2D eigenvalue weighted by atomic mass is 19.2. The number of hydrogen-bond acceptors (Lipinski definition) is 4. The van der Waals surface area contributed by atoms with Gasteiger partial charge in [0.2, 0.25) is 5.88 Å². The summed E-state index contributed by atoms with van der Waals surface area (Å²) in [6.07, 6.45) is 1.85. The van der Waals surface area contributed by atoms with Gasteiger partial charge < -0.3 is 14.7 Å². The van der Waals surface area contributed by atoms with Crippen molar-refractivity contribution in [2.24, 2.45) is 0 Å². The molecule has 0 aliphatic carbocycles. The number of methoxy groups -OCH3 is 1. The summed E-state index contributed by atoms with van der Waals surface area (Å²) < 4.78 is 35.5. The predicted octanol–water partition coefficient (Wildman–Crippen LogP) is 6.01. The molecule has 1 N–H and O–H groups in total. The zero-order valence-electron chi connectivity index (χ0n) is 20.7. The van der Waals surface area contributed by atoms with E-state index in [-0.39, 0.29) is 12.0 Å². The molecule has 2 atom stereocenters. The molecule has 0 radical (unpaired) electrons. The monoisotopic (exact) mass is 488 g/mol. The van der Waals surface area contributed by atoms with Crippen molar-refractivity contribution in [2.75, 3.05) is 27.7 Å². The van der Waals surface area contributed by atoms with Gasteiger partial charge in [0.25, 0.3) is 0 Å². The molecule has 4 rings (SSSR count). The lowest BCUT2D eigenvalue weighted by Crippen LogP contribution is -2.38. The van der Waals surface area contributed by atoms with E-state index in [4.69, 9.17) is 4.74 Å². The quantitative estimate of drug-likeness (QED) is 0.314. The number of hydrogen-bond donors (Lipinski definition) is 1. The van der Waals surface area contributed by atoms with Crippen molar-refractivity contribution in [2.45, 2.75) is 17.9 Å². The average molecular weight is 489 g/mol. The van der Waals surface area contributed by atoms with E-state index in [1.54, 1.807) is 6.20 Å². The van der Waals surface area contributed by atoms with Crippen LogP contribution in [0.25, 0.3) is 11.1 Å². The maximum absolute atomic E-state index is 15.3. The van der Waals surface area contributed by atoms with Gasteiger partial charge in [-0.1, -0.05) is 72.8 Å². The van der Waals surface area contributed by atoms with Crippen LogP contribution in [0.2, 0.25) is 0 Å². The molecule has 3 aromatic carbocycles. The second kappa shape index (κ2) is 11.0. The molecule has 4 nitrogen and oxygen atoms in total. The molecule has 0 bridgehead atoms. The molecule has 0 fully saturated rings. The molecule has 0 spiro atoms. The van der Waals surface area contributed by atoms with E-state index in [1.807, 2.05) is 85.7 Å². The van der Waals surface area contributed by atoms with E-state index in [1.165, 1.54) is 19.2 Å². The van der Waals surface area contributed by atoms with Crippen LogP contribution >= 0.6 is 0 Å². The summed E-state index contributed by atoms with van der Waals surface area (Å²) in [5.74, 6) is -2.57. The summed E-state index contributed by atoms with van der Waals surface area (Å²) in [7, 11) is 5.26. The van der Waals surface area contributed by atoms with Crippen LogP contribution in [0.5, 0.6) is 5.88 Å². The Labute approximate surface area is 210 Å². The molecule has 6 heteroatoms. The molecule has 186 valence electrons. The fourth-order valence-electron chi connectivity index (χ4n) is 4.66. The summed E-state index contributed by atoms with van der Waals surface area (Å²) in [4.78, 5) is 6.45. The standard InChI is InChI=1S/C30H30F2N2O2/c1-34(2)18-17-30(35,25-15-10-16-26(31)28(25)32)27(22-13-8-5-9-14-22)24-19-23(20-33-29(24)36-3)21-11-6-4-7-12-21/h4-16,19-20,27,35H,17-18H2,1-3H3. The second-order valence-electron chi connectivity index (χ2n) is 9.11. The summed E-state index contributed by atoms with van der Waals surface area (Å²) >= 11 is 0. The van der Waals surface area contributed by atoms with Crippen LogP contribution in [0.3, 0.4) is 0 Å². The van der Waals surface area contributed by atoms with Crippen LogP contribution in [-0.2, 0) is 5.60 Å². The van der Waals surface area contributed by atoms with E-state index in [9.17, 15) is 9.50 Å². The first kappa shape index (κ1) is 25.5. The normalized spacial score (nSPS) is 13.9. The molecular weight excluding hydrogens is 458 g/mol. The maximum Gasteiger partial charge on any atom is 0.217 e. The van der Waals surface area contributed by atoms with Crippen molar-refractivity contribution in [1.82, 2.24) is 9.88 Å². The minimum absolute atomic E-state index is 0.106. The minimum Gasteiger partial charge on any atom is -0.481 e. The highest BCUT2D eigenvalue weighted by Crippen LogP contribution is 2.48. The van der Waals surface area contributed by atoms with Gasteiger partial charge in [0.1, 0.15) is 5.60 Å². The number of benzene rings is 3. The van der Waals surface area contributed by atoms with E-state index >= 15 is 4.39 Å². The Balaban J connectivity index is 2.01. The van der Waals surface area contributed by atoms with Crippen molar-refractivity contribution in [3.05, 3.63) is 119 Å². The van der Waals surface area contributed by atoms with Crippen LogP contribution in [-0.4, -0.2) is 42.7 Å². The van der Waals surface area contributed by atoms with Gasteiger partial charge >= 0.3 is 0 Å². The van der Waals surface area contributed by atoms with Crippen molar-refractivity contribution in [3.63, 3.8) is 0 Å². The van der Waals surface area contributed by atoms with Gasteiger partial charge in [0, 0.05) is 35.3 Å². The Morgan fingerprint density at radius 2 is 1.58 bits per heavy atom. The van der Waals surface area contributed by atoms with Crippen molar-refractivity contribution < 1.29 is 18.6 Å². The molecule has 2 unspecified atom stereocenters. The zero-order valence-corrected chi connectivity index (χ0v) is 20.7. The predicted molar refractivity (Wildman–Crippen MR) is 138 cm³/mol. The number of rotatable bonds is 9. The molecule has 0 aliphatic heterocycles.